The molecule has 2 aromatic carbocycles. The molecule has 2 heteroatoms. The van der Waals surface area contributed by atoms with E-state index >= 15 is 0 Å². The van der Waals surface area contributed by atoms with Crippen LogP contribution < -0.4 is 4.90 Å². The topological polar surface area (TPSA) is 14.5 Å². The Kier molecular flexibility index (Phi) is 3.38. The van der Waals surface area contributed by atoms with Gasteiger partial charge in [-0.15, -0.1) is 0 Å². The van der Waals surface area contributed by atoms with E-state index in [1.54, 1.807) is 0 Å². The first-order valence-corrected chi connectivity index (χ1v) is 7.16. The normalized spacial score (nSPS) is 10.9. The van der Waals surface area contributed by atoms with Gasteiger partial charge >= 0.3 is 11.3 Å². The van der Waals surface area contributed by atoms with Gasteiger partial charge in [0.15, 0.2) is 0 Å². The highest BCUT2D eigenvalue weighted by molar-refractivity contribution is 5.85. The van der Waals surface area contributed by atoms with Crippen molar-refractivity contribution in [3.05, 3.63) is 59.9 Å². The van der Waals surface area contributed by atoms with Crippen LogP contribution in [0.5, 0.6) is 0 Å². The number of benzene rings is 2. The molecule has 0 aliphatic carbocycles. The molecule has 21 heavy (non-hydrogen) atoms. The van der Waals surface area contributed by atoms with E-state index in [0.717, 1.165) is 28.0 Å². The summed E-state index contributed by atoms with van der Waals surface area (Å²) < 4.78 is 6.04. The van der Waals surface area contributed by atoms with E-state index in [1.165, 1.54) is 11.1 Å². The van der Waals surface area contributed by atoms with Crippen LogP contribution in [0.2, 0.25) is 0 Å². The Morgan fingerprint density at radius 2 is 1.57 bits per heavy atom. The average molecular weight is 278 g/mol. The average Bonchev–Trinajstić information content (AvgIpc) is 2.47. The largest absolute Gasteiger partial charge is 0.377 e. The molecular formula is C19H20NO+. The number of anilines is 1. The predicted octanol–water partition coefficient (Wildman–Crippen LogP) is 5.06. The molecule has 1 heterocycles. The minimum absolute atomic E-state index is 0.926. The quantitative estimate of drug-likeness (QED) is 0.608. The first-order chi connectivity index (χ1) is 10.0. The second kappa shape index (κ2) is 5.21. The van der Waals surface area contributed by atoms with Gasteiger partial charge in [-0.3, -0.25) is 0 Å². The number of fused-ring (bicyclic) bond motifs is 1. The third kappa shape index (κ3) is 2.62. The number of hydrogen-bond acceptors (Lipinski definition) is 1. The summed E-state index contributed by atoms with van der Waals surface area (Å²) in [6, 6.07) is 17.1. The second-order valence-electron chi connectivity index (χ2n) is 5.70. The third-order valence-electron chi connectivity index (χ3n) is 3.82. The zero-order valence-corrected chi connectivity index (χ0v) is 13.0. The molecule has 0 bridgehead atoms. The van der Waals surface area contributed by atoms with Crippen LogP contribution in [0.3, 0.4) is 0 Å². The van der Waals surface area contributed by atoms with Crippen molar-refractivity contribution in [1.82, 2.24) is 0 Å². The van der Waals surface area contributed by atoms with Crippen LogP contribution in [0.15, 0.2) is 52.9 Å². The maximum Gasteiger partial charge on any atom is 0.362 e. The van der Waals surface area contributed by atoms with Gasteiger partial charge in [0.2, 0.25) is 0 Å². The zero-order valence-electron chi connectivity index (χ0n) is 13.0. The number of aryl methyl sites for hydroxylation is 2. The van der Waals surface area contributed by atoms with Crippen LogP contribution in [-0.4, -0.2) is 14.1 Å². The molecule has 0 aliphatic heterocycles. The van der Waals surface area contributed by atoms with Crippen molar-refractivity contribution in [2.75, 3.05) is 19.0 Å². The predicted molar refractivity (Wildman–Crippen MR) is 89.9 cm³/mol. The second-order valence-corrected chi connectivity index (χ2v) is 5.70. The fourth-order valence-corrected chi connectivity index (χ4v) is 2.51. The van der Waals surface area contributed by atoms with Gasteiger partial charge in [-0.25, -0.2) is 4.42 Å². The van der Waals surface area contributed by atoms with Gasteiger partial charge in [-0.2, -0.15) is 0 Å². The van der Waals surface area contributed by atoms with E-state index in [9.17, 15) is 0 Å². The van der Waals surface area contributed by atoms with Gasteiger partial charge in [-0.1, -0.05) is 29.8 Å². The molecule has 0 fully saturated rings. The molecule has 0 saturated heterocycles. The van der Waals surface area contributed by atoms with Gasteiger partial charge < -0.3 is 4.90 Å². The van der Waals surface area contributed by atoms with Gasteiger partial charge in [-0.05, 0) is 30.7 Å². The van der Waals surface area contributed by atoms with Crippen molar-refractivity contribution in [3.63, 3.8) is 0 Å². The Labute approximate surface area is 125 Å². The van der Waals surface area contributed by atoms with E-state index in [0.29, 0.717) is 0 Å². The molecule has 3 aromatic rings. The van der Waals surface area contributed by atoms with Crippen LogP contribution in [0.25, 0.3) is 22.1 Å². The minimum atomic E-state index is 0.926. The first-order valence-electron chi connectivity index (χ1n) is 7.16. The molecule has 0 N–H and O–H groups in total. The molecule has 0 atom stereocenters. The smallest absolute Gasteiger partial charge is 0.362 e. The van der Waals surface area contributed by atoms with Crippen LogP contribution >= 0.6 is 0 Å². The molecule has 0 amide bonds. The Bertz CT molecular complexity index is 789. The SMILES string of the molecule is Cc1ccc(-c2cc3ccc(N(C)C)cc3[o+]c2C)cc1. The molecule has 0 saturated carbocycles. The van der Waals surface area contributed by atoms with Crippen molar-refractivity contribution in [2.45, 2.75) is 13.8 Å². The molecule has 3 rings (SSSR count). The van der Waals surface area contributed by atoms with Gasteiger partial charge in [0, 0.05) is 19.8 Å². The lowest BCUT2D eigenvalue weighted by Crippen LogP contribution is -2.08. The molecule has 0 radical (unpaired) electrons. The van der Waals surface area contributed by atoms with Crippen molar-refractivity contribution in [1.29, 1.82) is 0 Å². The maximum atomic E-state index is 6.04. The highest BCUT2D eigenvalue weighted by Gasteiger charge is 2.17. The highest BCUT2D eigenvalue weighted by Crippen LogP contribution is 2.30. The summed E-state index contributed by atoms with van der Waals surface area (Å²) in [5.41, 5.74) is 5.69. The standard InChI is InChI=1S/C19H20NO/c1-13-5-7-15(8-6-13)18-11-16-9-10-17(20(3)4)12-19(16)21-14(18)2/h5-12H,1-4H3/q+1. The summed E-state index contributed by atoms with van der Waals surface area (Å²) in [7, 11) is 4.07. The van der Waals surface area contributed by atoms with Crippen LogP contribution in [0.1, 0.15) is 11.3 Å². The minimum Gasteiger partial charge on any atom is -0.377 e. The van der Waals surface area contributed by atoms with Crippen LogP contribution in [0, 0.1) is 13.8 Å². The zero-order chi connectivity index (χ0) is 15.0. The van der Waals surface area contributed by atoms with Crippen molar-refractivity contribution < 1.29 is 4.42 Å². The summed E-state index contributed by atoms with van der Waals surface area (Å²) in [4.78, 5) is 2.08. The highest BCUT2D eigenvalue weighted by atomic mass is 16.3. The van der Waals surface area contributed by atoms with Crippen molar-refractivity contribution in [3.8, 4) is 11.1 Å². The molecule has 0 spiro atoms. The monoisotopic (exact) mass is 278 g/mol. The van der Waals surface area contributed by atoms with E-state index in [-0.39, 0.29) is 0 Å². The number of hydrogen-bond donors (Lipinski definition) is 0. The van der Waals surface area contributed by atoms with E-state index in [2.05, 4.69) is 60.4 Å². The lowest BCUT2D eigenvalue weighted by atomic mass is 10.0. The summed E-state index contributed by atoms with van der Waals surface area (Å²) >= 11 is 0. The van der Waals surface area contributed by atoms with Crippen molar-refractivity contribution in [2.24, 2.45) is 0 Å². The maximum absolute atomic E-state index is 6.04. The van der Waals surface area contributed by atoms with Crippen molar-refractivity contribution >= 4 is 16.7 Å². The Balaban J connectivity index is 2.15. The van der Waals surface area contributed by atoms with E-state index in [4.69, 9.17) is 4.42 Å². The summed E-state index contributed by atoms with van der Waals surface area (Å²) in [6.07, 6.45) is 0. The molecule has 1 aromatic heterocycles. The fraction of sp³-hybridized carbons (Fsp3) is 0.211. The Morgan fingerprint density at radius 3 is 2.24 bits per heavy atom. The number of nitrogens with zero attached hydrogens (tertiary/aromatic N) is 1. The summed E-state index contributed by atoms with van der Waals surface area (Å²) in [5.74, 6) is 0.947. The molecule has 2 nitrogen and oxygen atoms in total. The molecule has 0 unspecified atom stereocenters. The van der Waals surface area contributed by atoms with Gasteiger partial charge in [0.25, 0.3) is 0 Å². The molecular weight excluding hydrogens is 258 g/mol. The van der Waals surface area contributed by atoms with Gasteiger partial charge in [0.05, 0.1) is 23.9 Å². The fourth-order valence-electron chi connectivity index (χ4n) is 2.51. The molecule has 106 valence electrons. The van der Waals surface area contributed by atoms with E-state index < -0.39 is 0 Å². The first kappa shape index (κ1) is 13.6. The van der Waals surface area contributed by atoms with Gasteiger partial charge in [0.1, 0.15) is 0 Å². The van der Waals surface area contributed by atoms with E-state index in [1.807, 2.05) is 21.0 Å². The molecule has 0 aliphatic rings. The Morgan fingerprint density at radius 1 is 0.857 bits per heavy atom. The third-order valence-corrected chi connectivity index (χ3v) is 3.82. The lowest BCUT2D eigenvalue weighted by molar-refractivity contribution is 0.568. The Hall–Kier alpha value is -2.35. The van der Waals surface area contributed by atoms with Crippen LogP contribution in [-0.2, 0) is 0 Å². The van der Waals surface area contributed by atoms with Crippen LogP contribution in [0.4, 0.5) is 5.69 Å². The summed E-state index contributed by atoms with van der Waals surface area (Å²) in [6.45, 7) is 4.13. The number of rotatable bonds is 2. The lowest BCUT2D eigenvalue weighted by Gasteiger charge is -2.10. The summed E-state index contributed by atoms with van der Waals surface area (Å²) in [5, 5.41) is 1.13.